The zero-order valence-electron chi connectivity index (χ0n) is 14.7. The summed E-state index contributed by atoms with van der Waals surface area (Å²) in [6.07, 6.45) is 0.802. The van der Waals surface area contributed by atoms with Crippen LogP contribution < -0.4 is 10.1 Å². The van der Waals surface area contributed by atoms with Crippen molar-refractivity contribution in [2.24, 2.45) is 0 Å². The monoisotopic (exact) mass is 402 g/mol. The van der Waals surface area contributed by atoms with E-state index in [0.29, 0.717) is 28.3 Å². The van der Waals surface area contributed by atoms with Crippen molar-refractivity contribution < 1.29 is 9.53 Å². The maximum absolute atomic E-state index is 12.0. The topological polar surface area (TPSA) is 79.9 Å². The van der Waals surface area contributed by atoms with Gasteiger partial charge in [0.2, 0.25) is 11.1 Å². The van der Waals surface area contributed by atoms with Gasteiger partial charge in [-0.25, -0.2) is 4.98 Å². The number of aromatic nitrogens is 3. The third kappa shape index (κ3) is 5.48. The lowest BCUT2D eigenvalue weighted by atomic mass is 10.1. The third-order valence-electron chi connectivity index (χ3n) is 3.79. The fourth-order valence-corrected chi connectivity index (χ4v) is 3.27. The molecule has 0 aliphatic rings. The molecule has 0 bridgehead atoms. The van der Waals surface area contributed by atoms with Crippen LogP contribution in [0.4, 0.5) is 0 Å². The molecular weight excluding hydrogens is 384 g/mol. The van der Waals surface area contributed by atoms with Gasteiger partial charge in [0, 0.05) is 11.6 Å². The van der Waals surface area contributed by atoms with Crippen molar-refractivity contribution in [3.8, 4) is 17.1 Å². The van der Waals surface area contributed by atoms with Crippen LogP contribution in [0.15, 0.2) is 53.7 Å². The highest BCUT2D eigenvalue weighted by Gasteiger charge is 2.13. The molecule has 0 fully saturated rings. The second kappa shape index (κ2) is 9.43. The Morgan fingerprint density at radius 3 is 2.85 bits per heavy atom. The van der Waals surface area contributed by atoms with Gasteiger partial charge >= 0.3 is 0 Å². The van der Waals surface area contributed by atoms with Gasteiger partial charge in [0.1, 0.15) is 5.75 Å². The van der Waals surface area contributed by atoms with Crippen LogP contribution in [0.1, 0.15) is 5.56 Å². The van der Waals surface area contributed by atoms with Crippen LogP contribution in [-0.2, 0) is 11.2 Å². The van der Waals surface area contributed by atoms with E-state index in [4.69, 9.17) is 16.3 Å². The molecule has 1 aromatic heterocycles. The van der Waals surface area contributed by atoms with Crippen LogP contribution in [-0.4, -0.2) is 40.5 Å². The Bertz CT molecular complexity index is 902. The highest BCUT2D eigenvalue weighted by Crippen LogP contribution is 2.31. The fourth-order valence-electron chi connectivity index (χ4n) is 2.47. The minimum absolute atomic E-state index is 0.0531. The molecule has 8 heteroatoms. The molecule has 27 heavy (non-hydrogen) atoms. The number of H-pyrrole nitrogens is 1. The second-order valence-corrected chi connectivity index (χ2v) is 7.06. The van der Waals surface area contributed by atoms with Crippen molar-refractivity contribution in [2.45, 2.75) is 11.6 Å². The highest BCUT2D eigenvalue weighted by molar-refractivity contribution is 7.99. The van der Waals surface area contributed by atoms with Crippen molar-refractivity contribution in [2.75, 3.05) is 19.4 Å². The molecule has 0 radical (unpaired) electrons. The summed E-state index contributed by atoms with van der Waals surface area (Å²) in [6.45, 7) is 0.600. The Morgan fingerprint density at radius 2 is 2.07 bits per heavy atom. The number of carbonyl (C=O) groups excluding carboxylic acids is 1. The fraction of sp³-hybridized carbons (Fsp3) is 0.211. The summed E-state index contributed by atoms with van der Waals surface area (Å²) in [6, 6.07) is 15.3. The lowest BCUT2D eigenvalue weighted by Gasteiger charge is -2.05. The first-order valence-corrected chi connectivity index (χ1v) is 9.72. The number of rotatable bonds is 8. The molecule has 2 aromatic carbocycles. The molecule has 0 aliphatic carbocycles. The Labute approximate surface area is 166 Å². The van der Waals surface area contributed by atoms with E-state index in [1.54, 1.807) is 25.3 Å². The first-order valence-electron chi connectivity index (χ1n) is 8.35. The molecule has 3 rings (SSSR count). The number of hydrogen-bond acceptors (Lipinski definition) is 5. The summed E-state index contributed by atoms with van der Waals surface area (Å²) in [5.41, 5.74) is 1.91. The van der Waals surface area contributed by atoms with Crippen LogP contribution in [0.25, 0.3) is 11.4 Å². The molecule has 0 unspecified atom stereocenters. The molecule has 0 saturated carbocycles. The highest BCUT2D eigenvalue weighted by atomic mass is 35.5. The van der Waals surface area contributed by atoms with E-state index in [0.717, 1.165) is 12.0 Å². The van der Waals surface area contributed by atoms with Gasteiger partial charge in [0.25, 0.3) is 0 Å². The number of aromatic amines is 1. The van der Waals surface area contributed by atoms with Crippen LogP contribution in [0.3, 0.4) is 0 Å². The van der Waals surface area contributed by atoms with Gasteiger partial charge in [-0.3, -0.25) is 9.89 Å². The number of nitrogens with one attached hydrogen (secondary N) is 2. The van der Waals surface area contributed by atoms with Gasteiger partial charge in [0.15, 0.2) is 5.82 Å². The summed E-state index contributed by atoms with van der Waals surface area (Å²) in [4.78, 5) is 16.4. The van der Waals surface area contributed by atoms with Crippen LogP contribution in [0.5, 0.6) is 5.75 Å². The van der Waals surface area contributed by atoms with E-state index < -0.39 is 0 Å². The number of thioether (sulfide) groups is 1. The van der Waals surface area contributed by atoms with Crippen molar-refractivity contribution in [1.82, 2.24) is 20.5 Å². The standard InChI is InChI=1S/C19H19ClN4O2S/c1-26-16-8-7-14(20)11-15(16)18-22-19(24-23-18)27-12-17(25)21-10-9-13-5-3-2-4-6-13/h2-8,11H,9-10,12H2,1H3,(H,21,25)(H,22,23,24). The number of benzene rings is 2. The minimum Gasteiger partial charge on any atom is -0.496 e. The van der Waals surface area contributed by atoms with Gasteiger partial charge in [0.05, 0.1) is 18.4 Å². The summed E-state index contributed by atoms with van der Waals surface area (Å²) < 4.78 is 5.33. The average molecular weight is 403 g/mol. The van der Waals surface area contributed by atoms with E-state index in [1.165, 1.54) is 17.3 Å². The molecule has 6 nitrogen and oxygen atoms in total. The predicted molar refractivity (Wildman–Crippen MR) is 107 cm³/mol. The van der Waals surface area contributed by atoms with E-state index in [2.05, 4.69) is 20.5 Å². The average Bonchev–Trinajstić information content (AvgIpc) is 3.16. The van der Waals surface area contributed by atoms with Gasteiger partial charge < -0.3 is 10.1 Å². The molecule has 2 N–H and O–H groups in total. The minimum atomic E-state index is -0.0531. The van der Waals surface area contributed by atoms with Crippen LogP contribution >= 0.6 is 23.4 Å². The van der Waals surface area contributed by atoms with E-state index >= 15 is 0 Å². The van der Waals surface area contributed by atoms with Gasteiger partial charge in [-0.1, -0.05) is 53.7 Å². The Hall–Kier alpha value is -2.51. The second-order valence-electron chi connectivity index (χ2n) is 5.69. The summed E-state index contributed by atoms with van der Waals surface area (Å²) >= 11 is 7.32. The molecule has 0 aliphatic heterocycles. The Balaban J connectivity index is 1.51. The molecule has 0 saturated heterocycles. The number of halogens is 1. The van der Waals surface area contributed by atoms with Crippen molar-refractivity contribution in [1.29, 1.82) is 0 Å². The predicted octanol–water partition coefficient (Wildman–Crippen LogP) is 3.58. The van der Waals surface area contributed by atoms with Crippen molar-refractivity contribution >= 4 is 29.3 Å². The zero-order valence-corrected chi connectivity index (χ0v) is 16.3. The van der Waals surface area contributed by atoms with E-state index in [-0.39, 0.29) is 11.7 Å². The van der Waals surface area contributed by atoms with Crippen LogP contribution in [0, 0.1) is 0 Å². The van der Waals surface area contributed by atoms with Crippen molar-refractivity contribution in [3.05, 3.63) is 59.1 Å². The largest absolute Gasteiger partial charge is 0.496 e. The van der Waals surface area contributed by atoms with Gasteiger partial charge in [-0.2, -0.15) is 0 Å². The Kier molecular flexibility index (Phi) is 6.73. The number of amides is 1. The maximum Gasteiger partial charge on any atom is 0.230 e. The number of methoxy groups -OCH3 is 1. The molecule has 0 atom stereocenters. The molecule has 0 spiro atoms. The Morgan fingerprint density at radius 1 is 1.26 bits per heavy atom. The van der Waals surface area contributed by atoms with Crippen LogP contribution in [0.2, 0.25) is 5.02 Å². The van der Waals surface area contributed by atoms with Gasteiger partial charge in [-0.05, 0) is 30.2 Å². The molecule has 1 heterocycles. The maximum atomic E-state index is 12.0. The summed E-state index contributed by atoms with van der Waals surface area (Å²) in [5, 5.41) is 11.0. The molecule has 3 aromatic rings. The first-order chi connectivity index (χ1) is 13.2. The molecule has 140 valence electrons. The molecule has 1 amide bonds. The van der Waals surface area contributed by atoms with E-state index in [9.17, 15) is 4.79 Å². The molecular formula is C19H19ClN4O2S. The van der Waals surface area contributed by atoms with Crippen molar-refractivity contribution in [3.63, 3.8) is 0 Å². The lowest BCUT2D eigenvalue weighted by Crippen LogP contribution is -2.27. The third-order valence-corrected chi connectivity index (χ3v) is 4.87. The lowest BCUT2D eigenvalue weighted by molar-refractivity contribution is -0.118. The summed E-state index contributed by atoms with van der Waals surface area (Å²) in [5.74, 6) is 1.38. The first kappa shape index (κ1) is 19.3. The number of nitrogens with zero attached hydrogens (tertiary/aromatic N) is 2. The number of ether oxygens (including phenoxy) is 1. The van der Waals surface area contributed by atoms with E-state index in [1.807, 2.05) is 30.3 Å². The van der Waals surface area contributed by atoms with Gasteiger partial charge in [-0.15, -0.1) is 5.10 Å². The normalized spacial score (nSPS) is 10.6. The SMILES string of the molecule is COc1ccc(Cl)cc1-c1nc(SCC(=O)NCCc2ccccc2)n[nH]1. The smallest absolute Gasteiger partial charge is 0.230 e. The number of carbonyl (C=O) groups is 1. The zero-order chi connectivity index (χ0) is 19.1. The quantitative estimate of drug-likeness (QED) is 0.563. The number of hydrogen-bond donors (Lipinski definition) is 2. The summed E-state index contributed by atoms with van der Waals surface area (Å²) in [7, 11) is 1.58.